The van der Waals surface area contributed by atoms with Crippen LogP contribution in [0.1, 0.15) is 21.5 Å². The number of aryl methyl sites for hydroxylation is 1. The molecule has 11 nitrogen and oxygen atoms in total. The lowest BCUT2D eigenvalue weighted by Crippen LogP contribution is -2.26. The molecule has 4 N–H and O–H groups in total. The van der Waals surface area contributed by atoms with Crippen molar-refractivity contribution in [2.75, 3.05) is 18.5 Å². The first-order valence-corrected chi connectivity index (χ1v) is 12.2. The maximum Gasteiger partial charge on any atom is 0.287 e. The monoisotopic (exact) mass is 523 g/mol. The van der Waals surface area contributed by atoms with E-state index in [2.05, 4.69) is 30.8 Å². The summed E-state index contributed by atoms with van der Waals surface area (Å²) in [6.45, 7) is 3.80. The normalized spacial score (nSPS) is 10.9. The van der Waals surface area contributed by atoms with Crippen LogP contribution in [0.15, 0.2) is 76.7 Å². The van der Waals surface area contributed by atoms with Gasteiger partial charge in [-0.15, -0.1) is 0 Å². The van der Waals surface area contributed by atoms with Crippen LogP contribution >= 0.6 is 0 Å². The Kier molecular flexibility index (Phi) is 6.98. The third kappa shape index (κ3) is 5.15. The Labute approximate surface area is 222 Å². The number of aliphatic hydroxyl groups is 1. The van der Waals surface area contributed by atoms with E-state index in [0.29, 0.717) is 39.2 Å². The summed E-state index contributed by atoms with van der Waals surface area (Å²) >= 11 is 0. The number of hydrogen-bond donors (Lipinski definition) is 4. The number of nitrogens with zero attached hydrogens (tertiary/aromatic N) is 4. The van der Waals surface area contributed by atoms with Crippen LogP contribution in [-0.2, 0) is 0 Å². The van der Waals surface area contributed by atoms with Gasteiger partial charge in [0, 0.05) is 18.3 Å². The number of pyridine rings is 1. The van der Waals surface area contributed by atoms with Gasteiger partial charge in [0.05, 0.1) is 34.5 Å². The van der Waals surface area contributed by atoms with Crippen molar-refractivity contribution >= 4 is 28.3 Å². The molecule has 0 spiro atoms. The molecule has 0 aliphatic carbocycles. The summed E-state index contributed by atoms with van der Waals surface area (Å²) in [4.78, 5) is 46.5. The van der Waals surface area contributed by atoms with Crippen molar-refractivity contribution in [2.24, 2.45) is 0 Å². The Morgan fingerprint density at radius 1 is 1.05 bits per heavy atom. The number of nitrogens with one attached hydrogen (secondary N) is 3. The maximum atomic E-state index is 13.3. The standard InChI is InChI=1S/C28H25N7O4/c1-16-6-8-20-21(12-16)31-15-35(28(20)39)24-5-3-4-19(17(24)2)22-13-23(27(38)34-33-22)32-25-9-7-18(14-30-25)26(37)29-10-11-36/h3-9,12-15,36H,10-11H2,1-2H3,(H,29,37)(H,34,38)(H,30,32,33). The number of H-pyrrole nitrogens is 1. The smallest absolute Gasteiger partial charge is 0.287 e. The molecule has 39 heavy (non-hydrogen) atoms. The quantitative estimate of drug-likeness (QED) is 0.254. The number of aliphatic hydroxyl groups excluding tert-OH is 1. The molecule has 3 aromatic heterocycles. The van der Waals surface area contributed by atoms with Crippen molar-refractivity contribution in [3.63, 3.8) is 0 Å². The first-order valence-electron chi connectivity index (χ1n) is 12.2. The van der Waals surface area contributed by atoms with Crippen molar-refractivity contribution in [2.45, 2.75) is 13.8 Å². The number of aromatic nitrogens is 5. The Balaban J connectivity index is 1.47. The van der Waals surface area contributed by atoms with E-state index >= 15 is 0 Å². The van der Waals surface area contributed by atoms with Crippen LogP contribution in [-0.4, -0.2) is 48.9 Å². The third-order valence-corrected chi connectivity index (χ3v) is 6.24. The van der Waals surface area contributed by atoms with Crippen LogP contribution in [0, 0.1) is 13.8 Å². The SMILES string of the molecule is Cc1ccc2c(=O)n(-c3cccc(-c4cc(Nc5ccc(C(=O)NCCO)cn5)c(=O)[nH]n4)c3C)cnc2c1. The highest BCUT2D eigenvalue weighted by Gasteiger charge is 2.14. The van der Waals surface area contributed by atoms with Gasteiger partial charge in [-0.2, -0.15) is 5.10 Å². The zero-order valence-electron chi connectivity index (χ0n) is 21.2. The summed E-state index contributed by atoms with van der Waals surface area (Å²) < 4.78 is 1.50. The van der Waals surface area contributed by atoms with E-state index in [4.69, 9.17) is 5.11 Å². The van der Waals surface area contributed by atoms with Crippen LogP contribution in [0.2, 0.25) is 0 Å². The van der Waals surface area contributed by atoms with Gasteiger partial charge in [0.1, 0.15) is 17.8 Å². The molecular weight excluding hydrogens is 498 g/mol. The van der Waals surface area contributed by atoms with E-state index in [1.807, 2.05) is 44.2 Å². The third-order valence-electron chi connectivity index (χ3n) is 6.24. The first kappa shape index (κ1) is 25.5. The molecule has 196 valence electrons. The molecule has 0 unspecified atom stereocenters. The molecule has 11 heteroatoms. The molecular formula is C28H25N7O4. The van der Waals surface area contributed by atoms with Gasteiger partial charge in [0.25, 0.3) is 17.0 Å². The average Bonchev–Trinajstić information content (AvgIpc) is 2.94. The molecule has 0 fully saturated rings. The minimum Gasteiger partial charge on any atom is -0.395 e. The number of benzene rings is 2. The van der Waals surface area contributed by atoms with Crippen LogP contribution in [0.3, 0.4) is 0 Å². The van der Waals surface area contributed by atoms with Crippen LogP contribution in [0.25, 0.3) is 27.8 Å². The van der Waals surface area contributed by atoms with E-state index in [0.717, 1.165) is 11.1 Å². The second kappa shape index (κ2) is 10.7. The molecule has 0 radical (unpaired) electrons. The summed E-state index contributed by atoms with van der Waals surface area (Å²) in [5.41, 5.74) is 4.15. The predicted octanol–water partition coefficient (Wildman–Crippen LogP) is 2.61. The molecule has 0 bridgehead atoms. The number of carbonyl (C=O) groups excluding carboxylic acids is 1. The number of aromatic amines is 1. The lowest BCUT2D eigenvalue weighted by Gasteiger charge is -2.14. The number of anilines is 2. The summed E-state index contributed by atoms with van der Waals surface area (Å²) in [6.07, 6.45) is 2.89. The van der Waals surface area contributed by atoms with Gasteiger partial charge in [0.15, 0.2) is 0 Å². The molecule has 1 amide bonds. The van der Waals surface area contributed by atoms with Gasteiger partial charge in [-0.25, -0.2) is 15.1 Å². The fraction of sp³-hybridized carbons (Fsp3) is 0.143. The molecule has 2 aromatic carbocycles. The number of fused-ring (bicyclic) bond motifs is 1. The van der Waals surface area contributed by atoms with Crippen molar-refractivity contribution in [1.82, 2.24) is 30.0 Å². The molecule has 5 rings (SSSR count). The van der Waals surface area contributed by atoms with Gasteiger partial charge in [-0.3, -0.25) is 19.0 Å². The van der Waals surface area contributed by atoms with Crippen molar-refractivity contribution in [3.8, 4) is 16.9 Å². The van der Waals surface area contributed by atoms with Gasteiger partial charge in [-0.1, -0.05) is 18.2 Å². The Morgan fingerprint density at radius 3 is 2.67 bits per heavy atom. The van der Waals surface area contributed by atoms with Gasteiger partial charge in [0.2, 0.25) is 0 Å². The topological polar surface area (TPSA) is 155 Å². The van der Waals surface area contributed by atoms with E-state index in [1.54, 1.807) is 24.3 Å². The largest absolute Gasteiger partial charge is 0.395 e. The van der Waals surface area contributed by atoms with E-state index in [1.165, 1.54) is 17.1 Å². The Bertz CT molecular complexity index is 1810. The average molecular weight is 524 g/mol. The molecule has 0 aliphatic heterocycles. The number of amides is 1. The van der Waals surface area contributed by atoms with Crippen LogP contribution in [0.4, 0.5) is 11.5 Å². The Hall–Kier alpha value is -5.16. The zero-order chi connectivity index (χ0) is 27.5. The highest BCUT2D eigenvalue weighted by Crippen LogP contribution is 2.27. The van der Waals surface area contributed by atoms with E-state index in [9.17, 15) is 14.4 Å². The van der Waals surface area contributed by atoms with Crippen LogP contribution in [0.5, 0.6) is 0 Å². The second-order valence-electron chi connectivity index (χ2n) is 8.92. The fourth-order valence-corrected chi connectivity index (χ4v) is 4.21. The highest BCUT2D eigenvalue weighted by molar-refractivity contribution is 5.94. The number of carbonyl (C=O) groups is 1. The van der Waals surface area contributed by atoms with Crippen molar-refractivity contribution in [3.05, 3.63) is 105 Å². The zero-order valence-corrected chi connectivity index (χ0v) is 21.2. The van der Waals surface area contributed by atoms with E-state index in [-0.39, 0.29) is 30.3 Å². The summed E-state index contributed by atoms with van der Waals surface area (Å²) in [5.74, 6) is -0.0100. The molecule has 0 aliphatic rings. The molecule has 0 atom stereocenters. The molecule has 0 saturated carbocycles. The molecule has 5 aromatic rings. The first-order chi connectivity index (χ1) is 18.9. The van der Waals surface area contributed by atoms with Gasteiger partial charge < -0.3 is 15.7 Å². The minimum absolute atomic E-state index is 0.139. The van der Waals surface area contributed by atoms with Gasteiger partial charge >= 0.3 is 0 Å². The second-order valence-corrected chi connectivity index (χ2v) is 8.92. The summed E-state index contributed by atoms with van der Waals surface area (Å²) in [6, 6.07) is 15.7. The predicted molar refractivity (Wildman–Crippen MR) is 148 cm³/mol. The number of rotatable bonds is 7. The summed E-state index contributed by atoms with van der Waals surface area (Å²) in [7, 11) is 0. The van der Waals surface area contributed by atoms with Crippen molar-refractivity contribution < 1.29 is 9.90 Å². The Morgan fingerprint density at radius 2 is 1.90 bits per heavy atom. The molecule has 0 saturated heterocycles. The van der Waals surface area contributed by atoms with Crippen LogP contribution < -0.4 is 21.8 Å². The van der Waals surface area contributed by atoms with E-state index < -0.39 is 5.56 Å². The number of hydrogen-bond acceptors (Lipinski definition) is 8. The van der Waals surface area contributed by atoms with Crippen molar-refractivity contribution in [1.29, 1.82) is 0 Å². The maximum absolute atomic E-state index is 13.3. The summed E-state index contributed by atoms with van der Waals surface area (Å²) in [5, 5.41) is 21.6. The lowest BCUT2D eigenvalue weighted by molar-refractivity contribution is 0.0944. The highest BCUT2D eigenvalue weighted by atomic mass is 16.3. The minimum atomic E-state index is -0.454. The fourth-order valence-electron chi connectivity index (χ4n) is 4.21. The molecule has 3 heterocycles. The van der Waals surface area contributed by atoms with Gasteiger partial charge in [-0.05, 0) is 61.4 Å². The lowest BCUT2D eigenvalue weighted by atomic mass is 10.0.